The van der Waals surface area contributed by atoms with Crippen molar-refractivity contribution in [2.24, 2.45) is 0 Å². The first-order chi connectivity index (χ1) is 11.2. The quantitative estimate of drug-likeness (QED) is 0.390. The maximum atomic E-state index is 12.5. The average molecular weight is 456 g/mol. The number of nitrogens with zero attached hydrogens (tertiary/aromatic N) is 1. The van der Waals surface area contributed by atoms with Crippen molar-refractivity contribution >= 4 is 32.0 Å². The van der Waals surface area contributed by atoms with Crippen LogP contribution in [0.1, 0.15) is 11.1 Å². The second kappa shape index (κ2) is 6.34. The zero-order valence-electron chi connectivity index (χ0n) is 11.9. The van der Waals surface area contributed by atoms with Gasteiger partial charge in [-0.2, -0.15) is 34.8 Å². The smallest absolute Gasteiger partial charge is 0.375 e. The van der Waals surface area contributed by atoms with Crippen molar-refractivity contribution in [3.05, 3.63) is 27.7 Å². The molecule has 0 radical (unpaired) electrons. The van der Waals surface area contributed by atoms with Crippen molar-refractivity contribution < 1.29 is 43.7 Å². The fourth-order valence-corrected chi connectivity index (χ4v) is 3.19. The Balaban J connectivity index is 2.33. The lowest BCUT2D eigenvalue weighted by Crippen LogP contribution is -2.43. The standard InChI is InChI=1S/C12H8BrF6NO4S/c13-8-3-6-1-2-20(10(21)11(14,15)16)5-7(6)4-9(8)24-25(22,23)12(17,18)19/h3-4H,1-2,5H2. The number of amides is 1. The van der Waals surface area contributed by atoms with Crippen molar-refractivity contribution in [3.63, 3.8) is 0 Å². The molecule has 2 rings (SSSR count). The van der Waals surface area contributed by atoms with E-state index < -0.39 is 40.0 Å². The van der Waals surface area contributed by atoms with Crippen molar-refractivity contribution in [1.82, 2.24) is 4.90 Å². The van der Waals surface area contributed by atoms with E-state index in [1.54, 1.807) is 0 Å². The van der Waals surface area contributed by atoms with E-state index in [9.17, 15) is 39.6 Å². The lowest BCUT2D eigenvalue weighted by Gasteiger charge is -2.30. The van der Waals surface area contributed by atoms with Gasteiger partial charge in [-0.25, -0.2) is 0 Å². The summed E-state index contributed by atoms with van der Waals surface area (Å²) in [4.78, 5) is 11.7. The van der Waals surface area contributed by atoms with Gasteiger partial charge in [0.15, 0.2) is 5.75 Å². The summed E-state index contributed by atoms with van der Waals surface area (Å²) >= 11 is 2.85. The molecule has 0 saturated carbocycles. The topological polar surface area (TPSA) is 63.7 Å². The Bertz CT molecular complexity index is 805. The number of rotatable bonds is 2. The summed E-state index contributed by atoms with van der Waals surface area (Å²) in [6, 6.07) is 2.10. The van der Waals surface area contributed by atoms with Gasteiger partial charge >= 0.3 is 27.7 Å². The Hall–Kier alpha value is -1.50. The van der Waals surface area contributed by atoms with E-state index in [2.05, 4.69) is 20.1 Å². The van der Waals surface area contributed by atoms with Gasteiger partial charge in [-0.15, -0.1) is 0 Å². The number of carbonyl (C=O) groups is 1. The SMILES string of the molecule is O=C(N1CCc2cc(Br)c(OS(=O)(=O)C(F)(F)F)cc2C1)C(F)(F)F. The van der Waals surface area contributed by atoms with Crippen LogP contribution in [0.15, 0.2) is 16.6 Å². The molecule has 1 amide bonds. The van der Waals surface area contributed by atoms with E-state index in [1.807, 2.05) is 0 Å². The number of carbonyl (C=O) groups excluding carboxylic acids is 1. The molecule has 1 aliphatic rings. The van der Waals surface area contributed by atoms with Crippen LogP contribution in [-0.2, 0) is 27.9 Å². The molecule has 1 heterocycles. The molecule has 0 atom stereocenters. The van der Waals surface area contributed by atoms with Crippen LogP contribution >= 0.6 is 15.9 Å². The number of hydrogen-bond acceptors (Lipinski definition) is 4. The summed E-state index contributed by atoms with van der Waals surface area (Å²) in [5.41, 5.74) is -5.16. The van der Waals surface area contributed by atoms with Crippen LogP contribution < -0.4 is 4.18 Å². The summed E-state index contributed by atoms with van der Waals surface area (Å²) in [7, 11) is -5.94. The molecule has 1 aromatic rings. The van der Waals surface area contributed by atoms with E-state index in [4.69, 9.17) is 0 Å². The summed E-state index contributed by atoms with van der Waals surface area (Å²) in [6.07, 6.45) is -5.08. The third kappa shape index (κ3) is 4.19. The lowest BCUT2D eigenvalue weighted by atomic mass is 9.99. The maximum Gasteiger partial charge on any atom is 0.534 e. The summed E-state index contributed by atoms with van der Waals surface area (Å²) in [5.74, 6) is -2.83. The Morgan fingerprint density at radius 3 is 2.24 bits per heavy atom. The van der Waals surface area contributed by atoms with Crippen LogP contribution in [0.25, 0.3) is 0 Å². The highest BCUT2D eigenvalue weighted by Gasteiger charge is 2.49. The first-order valence-corrected chi connectivity index (χ1v) is 8.60. The van der Waals surface area contributed by atoms with E-state index in [0.29, 0.717) is 10.5 Å². The first kappa shape index (κ1) is 19.8. The van der Waals surface area contributed by atoms with Crippen LogP contribution in [0, 0.1) is 0 Å². The average Bonchev–Trinajstić information content (AvgIpc) is 2.44. The molecule has 1 aliphatic heterocycles. The summed E-state index contributed by atoms with van der Waals surface area (Å²) < 4.78 is 101. The van der Waals surface area contributed by atoms with Crippen molar-refractivity contribution in [3.8, 4) is 5.75 Å². The first-order valence-electron chi connectivity index (χ1n) is 6.40. The van der Waals surface area contributed by atoms with Crippen LogP contribution in [0.4, 0.5) is 26.3 Å². The van der Waals surface area contributed by atoms with Gasteiger partial charge in [0.05, 0.1) is 4.47 Å². The lowest BCUT2D eigenvalue weighted by molar-refractivity contribution is -0.186. The Morgan fingerprint density at radius 2 is 1.72 bits per heavy atom. The molecule has 13 heteroatoms. The molecular weight excluding hydrogens is 448 g/mol. The summed E-state index contributed by atoms with van der Waals surface area (Å²) in [5, 5.41) is 0. The second-order valence-corrected chi connectivity index (χ2v) is 7.40. The van der Waals surface area contributed by atoms with Crippen molar-refractivity contribution in [2.75, 3.05) is 6.54 Å². The van der Waals surface area contributed by atoms with Gasteiger partial charge in [0, 0.05) is 13.1 Å². The van der Waals surface area contributed by atoms with Crippen molar-refractivity contribution in [2.45, 2.75) is 24.7 Å². The number of fused-ring (bicyclic) bond motifs is 1. The van der Waals surface area contributed by atoms with Crippen LogP contribution in [0.2, 0.25) is 0 Å². The molecule has 0 bridgehead atoms. The molecule has 0 aliphatic carbocycles. The third-order valence-corrected chi connectivity index (χ3v) is 4.86. The third-order valence-electron chi connectivity index (χ3n) is 3.28. The number of alkyl halides is 6. The molecule has 1 aromatic carbocycles. The number of hydrogen-bond donors (Lipinski definition) is 0. The molecule has 0 aromatic heterocycles. The molecule has 140 valence electrons. The minimum absolute atomic E-state index is 0.0159. The molecular formula is C12H8BrF6NO4S. The van der Waals surface area contributed by atoms with E-state index >= 15 is 0 Å². The van der Waals surface area contributed by atoms with Crippen LogP contribution in [0.5, 0.6) is 5.75 Å². The zero-order chi connectivity index (χ0) is 19.2. The van der Waals surface area contributed by atoms with Crippen molar-refractivity contribution in [1.29, 1.82) is 0 Å². The van der Waals surface area contributed by atoms with Gasteiger partial charge in [-0.1, -0.05) is 0 Å². The van der Waals surface area contributed by atoms with Gasteiger partial charge in [-0.05, 0) is 45.6 Å². The Labute approximate surface area is 145 Å². The fraction of sp³-hybridized carbons (Fsp3) is 0.417. The molecule has 0 N–H and O–H groups in total. The Kier molecular flexibility index (Phi) is 5.03. The monoisotopic (exact) mass is 455 g/mol. The molecule has 25 heavy (non-hydrogen) atoms. The molecule has 5 nitrogen and oxygen atoms in total. The molecule has 0 unspecified atom stereocenters. The van der Waals surface area contributed by atoms with Crippen LogP contribution in [-0.4, -0.2) is 37.5 Å². The van der Waals surface area contributed by atoms with Gasteiger partial charge in [0.2, 0.25) is 0 Å². The van der Waals surface area contributed by atoms with E-state index in [-0.39, 0.29) is 23.0 Å². The number of benzene rings is 1. The van der Waals surface area contributed by atoms with Gasteiger partial charge < -0.3 is 9.08 Å². The fourth-order valence-electron chi connectivity index (χ4n) is 2.14. The predicted molar refractivity (Wildman–Crippen MR) is 74.9 cm³/mol. The zero-order valence-corrected chi connectivity index (χ0v) is 14.3. The predicted octanol–water partition coefficient (Wildman–Crippen LogP) is 3.12. The molecule has 0 saturated heterocycles. The largest absolute Gasteiger partial charge is 0.534 e. The minimum atomic E-state index is -5.94. The van der Waals surface area contributed by atoms with E-state index in [0.717, 1.165) is 6.07 Å². The highest BCUT2D eigenvalue weighted by Crippen LogP contribution is 2.36. The normalized spacial score (nSPS) is 15.7. The second-order valence-electron chi connectivity index (χ2n) is 5.01. The van der Waals surface area contributed by atoms with Gasteiger partial charge in [-0.3, -0.25) is 4.79 Å². The minimum Gasteiger partial charge on any atom is -0.375 e. The molecule has 0 spiro atoms. The van der Waals surface area contributed by atoms with Crippen LogP contribution in [0.3, 0.4) is 0 Å². The Morgan fingerprint density at radius 1 is 1.12 bits per heavy atom. The van der Waals surface area contributed by atoms with Gasteiger partial charge in [0.1, 0.15) is 0 Å². The highest BCUT2D eigenvalue weighted by atomic mass is 79.9. The number of halogens is 7. The molecule has 0 fully saturated rings. The summed E-state index contributed by atoms with van der Waals surface area (Å²) in [6.45, 7) is -0.776. The maximum absolute atomic E-state index is 12.5. The highest BCUT2D eigenvalue weighted by molar-refractivity contribution is 9.10. The van der Waals surface area contributed by atoms with E-state index in [1.165, 1.54) is 6.07 Å². The van der Waals surface area contributed by atoms with Gasteiger partial charge in [0.25, 0.3) is 0 Å².